The van der Waals surface area contributed by atoms with Crippen molar-refractivity contribution in [1.29, 1.82) is 0 Å². The summed E-state index contributed by atoms with van der Waals surface area (Å²) in [5.41, 5.74) is -1.30. The smallest absolute Gasteiger partial charge is 0.377 e. The fraction of sp³-hybridized carbons (Fsp3) is 0.429. The maximum Gasteiger partial charge on any atom is 0.416 e. The van der Waals surface area contributed by atoms with Crippen molar-refractivity contribution < 1.29 is 31.1 Å². The fourth-order valence-corrected chi connectivity index (χ4v) is 2.82. The van der Waals surface area contributed by atoms with Gasteiger partial charge in [-0.1, -0.05) is 36.8 Å². The van der Waals surface area contributed by atoms with Crippen LogP contribution >= 0.6 is 0 Å². The predicted octanol–water partition coefficient (Wildman–Crippen LogP) is 7.39. The summed E-state index contributed by atoms with van der Waals surface area (Å²) in [4.78, 5) is 0. The lowest BCUT2D eigenvalue weighted by molar-refractivity contribution is -0.143. The Kier molecular flexibility index (Phi) is 7.15. The minimum Gasteiger partial charge on any atom is -0.377 e. The van der Waals surface area contributed by atoms with Gasteiger partial charge in [-0.2, -0.15) is 26.3 Å². The molecule has 1 aliphatic carbocycles. The highest BCUT2D eigenvalue weighted by molar-refractivity contribution is 5.34. The number of rotatable bonds is 3. The Bertz CT molecular complexity index is 715. The summed E-state index contributed by atoms with van der Waals surface area (Å²) in [5.74, 6) is 0.890. The molecule has 1 atom stereocenters. The van der Waals surface area contributed by atoms with Crippen LogP contribution in [0.15, 0.2) is 48.5 Å². The van der Waals surface area contributed by atoms with E-state index in [2.05, 4.69) is 30.3 Å². The Morgan fingerprint density at radius 2 is 1.36 bits per heavy atom. The third-order valence-electron chi connectivity index (χ3n) is 4.81. The summed E-state index contributed by atoms with van der Waals surface area (Å²) < 4.78 is 79.7. The van der Waals surface area contributed by atoms with Gasteiger partial charge in [0.1, 0.15) is 0 Å². The molecule has 0 aliphatic heterocycles. The van der Waals surface area contributed by atoms with Crippen LogP contribution in [0.25, 0.3) is 0 Å². The van der Waals surface area contributed by atoms with E-state index in [1.54, 1.807) is 0 Å². The third-order valence-corrected chi connectivity index (χ3v) is 4.81. The molecule has 7 heteroatoms. The number of halogens is 6. The van der Waals surface area contributed by atoms with E-state index in [9.17, 15) is 26.3 Å². The minimum atomic E-state index is -4.83. The molecule has 3 rings (SSSR count). The Balaban J connectivity index is 0.000000233. The Morgan fingerprint density at radius 3 is 1.71 bits per heavy atom. The summed E-state index contributed by atoms with van der Waals surface area (Å²) in [6.07, 6.45) is -6.27. The lowest BCUT2D eigenvalue weighted by Gasteiger charge is -2.25. The zero-order valence-corrected chi connectivity index (χ0v) is 15.6. The second-order valence-electron chi connectivity index (χ2n) is 6.76. The van der Waals surface area contributed by atoms with E-state index in [1.165, 1.54) is 38.9 Å². The van der Waals surface area contributed by atoms with E-state index in [0.717, 1.165) is 5.92 Å². The molecule has 0 unspecified atom stereocenters. The van der Waals surface area contributed by atoms with Crippen molar-refractivity contribution in [2.24, 2.45) is 0 Å². The number of alkyl halides is 6. The summed E-state index contributed by atoms with van der Waals surface area (Å²) in [5, 5.41) is 0. The Hall–Kier alpha value is -2.02. The van der Waals surface area contributed by atoms with E-state index in [0.29, 0.717) is 12.1 Å². The maximum absolute atomic E-state index is 12.5. The molecular weight excluding hydrogens is 382 g/mol. The standard InChI is InChI=1S/C11H10F6O.C10H12/c1-6(18-2)7-3-8(10(12,13)14)5-9(4-7)11(15,16)17;1-2-5-9(6-3-1)10-7-4-8-10/h3-6H,1-2H3;1-3,5-6,10H,4,7-8H2/t6-;/m1./s1. The van der Waals surface area contributed by atoms with E-state index < -0.39 is 29.6 Å². The molecule has 1 nitrogen and oxygen atoms in total. The van der Waals surface area contributed by atoms with Crippen LogP contribution < -0.4 is 0 Å². The molecular formula is C21H22F6O. The number of hydrogen-bond acceptors (Lipinski definition) is 1. The van der Waals surface area contributed by atoms with Crippen molar-refractivity contribution >= 4 is 0 Å². The molecule has 1 saturated carbocycles. The molecule has 2 aromatic carbocycles. The quantitative estimate of drug-likeness (QED) is 0.485. The molecule has 0 spiro atoms. The Labute approximate surface area is 160 Å². The molecule has 0 N–H and O–H groups in total. The van der Waals surface area contributed by atoms with Gasteiger partial charge in [0.15, 0.2) is 0 Å². The molecule has 1 aliphatic rings. The number of hydrogen-bond donors (Lipinski definition) is 0. The zero-order chi connectivity index (χ0) is 20.9. The molecule has 0 heterocycles. The third kappa shape index (κ3) is 5.99. The van der Waals surface area contributed by atoms with Gasteiger partial charge in [-0.15, -0.1) is 0 Å². The van der Waals surface area contributed by atoms with Crippen molar-refractivity contribution in [2.75, 3.05) is 7.11 Å². The molecule has 0 radical (unpaired) electrons. The van der Waals surface area contributed by atoms with Gasteiger partial charge in [-0.25, -0.2) is 0 Å². The first-order chi connectivity index (χ1) is 13.0. The number of benzene rings is 2. The number of methoxy groups -OCH3 is 1. The van der Waals surface area contributed by atoms with Crippen LogP contribution in [-0.4, -0.2) is 7.11 Å². The second kappa shape index (κ2) is 8.99. The molecule has 2 aromatic rings. The highest BCUT2D eigenvalue weighted by Gasteiger charge is 2.37. The average Bonchev–Trinajstić information content (AvgIpc) is 2.59. The van der Waals surface area contributed by atoms with Gasteiger partial charge in [0.2, 0.25) is 0 Å². The van der Waals surface area contributed by atoms with Crippen LogP contribution in [0.1, 0.15) is 60.5 Å². The molecule has 0 bridgehead atoms. The largest absolute Gasteiger partial charge is 0.416 e. The average molecular weight is 404 g/mol. The summed E-state index contributed by atoms with van der Waals surface area (Å²) in [7, 11) is 1.21. The molecule has 0 amide bonds. The van der Waals surface area contributed by atoms with Crippen LogP contribution in [0.3, 0.4) is 0 Å². The van der Waals surface area contributed by atoms with Crippen LogP contribution in [-0.2, 0) is 17.1 Å². The number of ether oxygens (including phenoxy) is 1. The van der Waals surface area contributed by atoms with Crippen molar-refractivity contribution in [2.45, 2.75) is 50.6 Å². The monoisotopic (exact) mass is 404 g/mol. The van der Waals surface area contributed by atoms with Gasteiger partial charge in [0.05, 0.1) is 17.2 Å². The molecule has 154 valence electrons. The highest BCUT2D eigenvalue weighted by atomic mass is 19.4. The van der Waals surface area contributed by atoms with E-state index >= 15 is 0 Å². The minimum absolute atomic E-state index is 0.0892. The van der Waals surface area contributed by atoms with Crippen LogP contribution in [0.4, 0.5) is 26.3 Å². The van der Waals surface area contributed by atoms with E-state index in [4.69, 9.17) is 4.74 Å². The normalized spacial score (nSPS) is 16.0. The van der Waals surface area contributed by atoms with Crippen LogP contribution in [0.5, 0.6) is 0 Å². The molecule has 0 saturated heterocycles. The predicted molar refractivity (Wildman–Crippen MR) is 94.9 cm³/mol. The zero-order valence-electron chi connectivity index (χ0n) is 15.6. The van der Waals surface area contributed by atoms with Crippen molar-refractivity contribution in [3.05, 3.63) is 70.8 Å². The second-order valence-corrected chi connectivity index (χ2v) is 6.76. The topological polar surface area (TPSA) is 9.23 Å². The van der Waals surface area contributed by atoms with Gasteiger partial charge in [-0.05, 0) is 55.0 Å². The van der Waals surface area contributed by atoms with Crippen molar-refractivity contribution in [1.82, 2.24) is 0 Å². The maximum atomic E-state index is 12.5. The lowest BCUT2D eigenvalue weighted by Crippen LogP contribution is -2.12. The van der Waals surface area contributed by atoms with Gasteiger partial charge in [-0.3, -0.25) is 0 Å². The molecule has 28 heavy (non-hydrogen) atoms. The van der Waals surface area contributed by atoms with E-state index in [1.807, 2.05) is 0 Å². The first kappa shape index (κ1) is 22.3. The van der Waals surface area contributed by atoms with Crippen LogP contribution in [0, 0.1) is 0 Å². The SMILES string of the molecule is CO[C@H](C)c1cc(C(F)(F)F)cc(C(F)(F)F)c1.c1ccc(C2CCC2)cc1. The molecule has 0 aromatic heterocycles. The van der Waals surface area contributed by atoms with Crippen molar-refractivity contribution in [3.8, 4) is 0 Å². The summed E-state index contributed by atoms with van der Waals surface area (Å²) in [6, 6.07) is 12.2. The van der Waals surface area contributed by atoms with Gasteiger partial charge in [0.25, 0.3) is 0 Å². The lowest BCUT2D eigenvalue weighted by atomic mass is 9.80. The summed E-state index contributed by atoms with van der Waals surface area (Å²) >= 11 is 0. The Morgan fingerprint density at radius 1 is 0.857 bits per heavy atom. The van der Waals surface area contributed by atoms with E-state index in [-0.39, 0.29) is 11.6 Å². The summed E-state index contributed by atoms with van der Waals surface area (Å²) in [6.45, 7) is 1.37. The fourth-order valence-electron chi connectivity index (χ4n) is 2.82. The first-order valence-electron chi connectivity index (χ1n) is 8.89. The highest BCUT2D eigenvalue weighted by Crippen LogP contribution is 2.38. The van der Waals surface area contributed by atoms with Gasteiger partial charge in [0, 0.05) is 7.11 Å². The van der Waals surface area contributed by atoms with Gasteiger partial charge >= 0.3 is 12.4 Å². The van der Waals surface area contributed by atoms with Crippen LogP contribution in [0.2, 0.25) is 0 Å². The van der Waals surface area contributed by atoms with Crippen molar-refractivity contribution in [3.63, 3.8) is 0 Å². The first-order valence-corrected chi connectivity index (χ1v) is 8.89. The van der Waals surface area contributed by atoms with Gasteiger partial charge < -0.3 is 4.74 Å². The molecule has 1 fully saturated rings.